The van der Waals surface area contributed by atoms with Crippen LogP contribution in [0.15, 0.2) is 122 Å². The highest BCUT2D eigenvalue weighted by Crippen LogP contribution is 2.30. The summed E-state index contributed by atoms with van der Waals surface area (Å²) in [6.07, 6.45) is 8.76. The maximum atomic E-state index is 12.5. The number of hydrogen-bond donors (Lipinski definition) is 3. The normalized spacial score (nSPS) is 15.5. The summed E-state index contributed by atoms with van der Waals surface area (Å²) in [6.45, 7) is 2.63. The Hall–Kier alpha value is -6.40. The third kappa shape index (κ3) is 10.4. The molecule has 12 nitrogen and oxygen atoms in total. The molecule has 2 aliphatic heterocycles. The van der Waals surface area contributed by atoms with E-state index in [9.17, 15) is 14.4 Å². The van der Waals surface area contributed by atoms with E-state index < -0.39 is 12.1 Å². The van der Waals surface area contributed by atoms with Gasteiger partial charge in [0, 0.05) is 25.1 Å². The minimum atomic E-state index is -0.674. The fourth-order valence-electron chi connectivity index (χ4n) is 6.82. The smallest absolute Gasteiger partial charge is 0.407 e. The number of rotatable bonds is 9. The van der Waals surface area contributed by atoms with E-state index in [0.717, 1.165) is 84.8 Å². The lowest BCUT2D eigenvalue weighted by atomic mass is 10.0. The van der Waals surface area contributed by atoms with E-state index in [1.54, 1.807) is 11.2 Å². The summed E-state index contributed by atoms with van der Waals surface area (Å²) in [6, 6.07) is 35.5. The average molecular weight is 753 g/mol. The van der Waals surface area contributed by atoms with E-state index in [1.807, 2.05) is 66.9 Å². The van der Waals surface area contributed by atoms with Crippen LogP contribution in [0.4, 0.5) is 4.79 Å². The van der Waals surface area contributed by atoms with Gasteiger partial charge in [-0.05, 0) is 67.1 Å². The van der Waals surface area contributed by atoms with Crippen LogP contribution in [0, 0.1) is 0 Å². The third-order valence-corrected chi connectivity index (χ3v) is 9.92. The van der Waals surface area contributed by atoms with E-state index in [1.165, 1.54) is 24.7 Å². The monoisotopic (exact) mass is 752 g/mol. The number of benzene rings is 4. The van der Waals surface area contributed by atoms with Gasteiger partial charge in [0.05, 0.1) is 31.4 Å². The van der Waals surface area contributed by atoms with Crippen molar-refractivity contribution in [3.63, 3.8) is 0 Å². The number of nitrogens with zero attached hydrogens (tertiary/aromatic N) is 5. The second-order valence-corrected chi connectivity index (χ2v) is 13.7. The standard InChI is InChI=1S/C22H22N6.C14H18N2O3.C8H8O/c1-28-12-2-3-20(28)22-25-21(26-27-22)18-10-6-16(7-11-18)15-4-8-17(9-5-15)19-13-23-14-24-19;1-19-14(18)15-12(11-7-3-2-4-8-11)13(17)16-9-5-6-10-16;9-7-6-8-4-2-1-3-5-8/h4-11,13-14,20H,2-3,12H2,1H3,(H,23,24)(H,25,26,27);2-4,7-8,12H,5-6,9-10H2,1H3,(H,15,18);1-5,7H,6H2. The van der Waals surface area contributed by atoms with Crippen molar-refractivity contribution in [2.24, 2.45) is 0 Å². The van der Waals surface area contributed by atoms with Crippen LogP contribution in [0.2, 0.25) is 0 Å². The quantitative estimate of drug-likeness (QED) is 0.129. The Morgan fingerprint density at radius 2 is 1.46 bits per heavy atom. The van der Waals surface area contributed by atoms with Gasteiger partial charge in [-0.3, -0.25) is 14.8 Å². The van der Waals surface area contributed by atoms with Crippen molar-refractivity contribution >= 4 is 18.3 Å². The summed E-state index contributed by atoms with van der Waals surface area (Å²) < 4.78 is 4.59. The maximum absolute atomic E-state index is 12.5. The predicted molar refractivity (Wildman–Crippen MR) is 216 cm³/mol. The first-order chi connectivity index (χ1) is 27.4. The van der Waals surface area contributed by atoms with E-state index >= 15 is 0 Å². The van der Waals surface area contributed by atoms with Gasteiger partial charge in [-0.2, -0.15) is 5.10 Å². The minimum absolute atomic E-state index is 0.0749. The maximum Gasteiger partial charge on any atom is 0.407 e. The number of alkyl carbamates (subject to hydrolysis) is 1. The summed E-state index contributed by atoms with van der Waals surface area (Å²) in [4.78, 5) is 49.9. The molecule has 6 aromatic rings. The topological polar surface area (TPSA) is 149 Å². The molecule has 2 aliphatic rings. The van der Waals surface area contributed by atoms with Crippen molar-refractivity contribution in [1.29, 1.82) is 0 Å². The summed E-state index contributed by atoms with van der Waals surface area (Å²) in [5.41, 5.74) is 7.38. The number of amides is 2. The van der Waals surface area contributed by atoms with Crippen LogP contribution in [-0.2, 0) is 20.7 Å². The molecule has 2 saturated heterocycles. The lowest BCUT2D eigenvalue weighted by molar-refractivity contribution is -0.132. The Bertz CT molecular complexity index is 2100. The number of likely N-dealkylation sites (tertiary alicyclic amines) is 2. The molecule has 2 amide bonds. The highest BCUT2D eigenvalue weighted by molar-refractivity contribution is 5.87. The molecule has 4 aromatic carbocycles. The van der Waals surface area contributed by atoms with Crippen LogP contribution >= 0.6 is 0 Å². The molecule has 0 spiro atoms. The van der Waals surface area contributed by atoms with Crippen molar-refractivity contribution in [1.82, 2.24) is 40.3 Å². The number of carbonyl (C=O) groups excluding carboxylic acids is 3. The fraction of sp³-hybridized carbons (Fsp3) is 0.273. The molecule has 288 valence electrons. The highest BCUT2D eigenvalue weighted by Gasteiger charge is 2.29. The van der Waals surface area contributed by atoms with Crippen LogP contribution in [0.3, 0.4) is 0 Å². The Morgan fingerprint density at radius 1 is 0.839 bits per heavy atom. The van der Waals surface area contributed by atoms with E-state index in [0.29, 0.717) is 12.5 Å². The number of H-pyrrole nitrogens is 2. The molecule has 0 saturated carbocycles. The van der Waals surface area contributed by atoms with Gasteiger partial charge in [0.15, 0.2) is 5.82 Å². The Balaban J connectivity index is 0.000000163. The zero-order chi connectivity index (χ0) is 39.1. The van der Waals surface area contributed by atoms with Gasteiger partial charge >= 0.3 is 6.09 Å². The molecular weight excluding hydrogens is 705 g/mol. The van der Waals surface area contributed by atoms with Gasteiger partial charge in [0.25, 0.3) is 0 Å². The number of hydrogen-bond acceptors (Lipinski definition) is 8. The van der Waals surface area contributed by atoms with Crippen molar-refractivity contribution in [2.45, 2.75) is 44.2 Å². The Labute approximate surface area is 327 Å². The van der Waals surface area contributed by atoms with Gasteiger partial charge in [-0.25, -0.2) is 14.8 Å². The second-order valence-electron chi connectivity index (χ2n) is 13.7. The number of aromatic amines is 2. The highest BCUT2D eigenvalue weighted by atomic mass is 16.5. The summed E-state index contributed by atoms with van der Waals surface area (Å²) in [5.74, 6) is 1.65. The number of ether oxygens (including phenoxy) is 1. The first kappa shape index (κ1) is 39.3. The van der Waals surface area contributed by atoms with E-state index in [2.05, 4.69) is 90.7 Å². The van der Waals surface area contributed by atoms with Gasteiger partial charge in [0.1, 0.15) is 18.2 Å². The Morgan fingerprint density at radius 3 is 2.04 bits per heavy atom. The summed E-state index contributed by atoms with van der Waals surface area (Å²) >= 11 is 0. The Kier molecular flexibility index (Phi) is 13.9. The average Bonchev–Trinajstić information content (AvgIpc) is 4.10. The van der Waals surface area contributed by atoms with E-state index in [-0.39, 0.29) is 5.91 Å². The predicted octanol–water partition coefficient (Wildman–Crippen LogP) is 7.43. The largest absolute Gasteiger partial charge is 0.453 e. The molecular formula is C44H48N8O4. The molecule has 3 N–H and O–H groups in total. The van der Waals surface area contributed by atoms with Crippen molar-refractivity contribution < 1.29 is 19.1 Å². The molecule has 2 fully saturated rings. The van der Waals surface area contributed by atoms with E-state index in [4.69, 9.17) is 4.98 Å². The van der Waals surface area contributed by atoms with Crippen molar-refractivity contribution in [3.05, 3.63) is 139 Å². The molecule has 2 aromatic heterocycles. The third-order valence-electron chi connectivity index (χ3n) is 9.92. The molecule has 0 aliphatic carbocycles. The molecule has 8 rings (SSSR count). The molecule has 0 radical (unpaired) electrons. The first-order valence-electron chi connectivity index (χ1n) is 18.9. The molecule has 2 atom stereocenters. The van der Waals surface area contributed by atoms with Gasteiger partial charge in [-0.15, -0.1) is 0 Å². The fourth-order valence-corrected chi connectivity index (χ4v) is 6.82. The number of methoxy groups -OCH3 is 1. The summed E-state index contributed by atoms with van der Waals surface area (Å²) in [5, 5.41) is 10.2. The minimum Gasteiger partial charge on any atom is -0.453 e. The van der Waals surface area contributed by atoms with Gasteiger partial charge in [-0.1, -0.05) is 109 Å². The molecule has 2 unspecified atom stereocenters. The number of imidazole rings is 1. The molecule has 4 heterocycles. The lowest BCUT2D eigenvalue weighted by Crippen LogP contribution is -2.41. The van der Waals surface area contributed by atoms with Gasteiger partial charge in [0.2, 0.25) is 5.91 Å². The number of nitrogens with one attached hydrogen (secondary N) is 3. The van der Waals surface area contributed by atoms with Crippen molar-refractivity contribution in [3.8, 4) is 33.8 Å². The number of aromatic nitrogens is 5. The molecule has 12 heteroatoms. The number of aldehydes is 1. The van der Waals surface area contributed by atoms with Crippen LogP contribution in [0.25, 0.3) is 33.8 Å². The SMILES string of the molecule is CN1CCCC1c1nc(-c2ccc(-c3ccc(-c4cnc[nH]4)cc3)cc2)n[nH]1.COC(=O)NC(C(=O)N1CCCC1)c1ccccc1.O=CCc1ccccc1. The molecule has 56 heavy (non-hydrogen) atoms. The number of carbonyl (C=O) groups is 3. The van der Waals surface area contributed by atoms with Gasteiger partial charge < -0.3 is 24.7 Å². The van der Waals surface area contributed by atoms with Crippen LogP contribution in [0.1, 0.15) is 54.7 Å². The van der Waals surface area contributed by atoms with Crippen molar-refractivity contribution in [2.75, 3.05) is 33.8 Å². The van der Waals surface area contributed by atoms with Crippen LogP contribution in [0.5, 0.6) is 0 Å². The zero-order valence-corrected chi connectivity index (χ0v) is 31.8. The first-order valence-corrected chi connectivity index (χ1v) is 18.9. The molecule has 0 bridgehead atoms. The summed E-state index contributed by atoms with van der Waals surface area (Å²) in [7, 11) is 3.43. The zero-order valence-electron chi connectivity index (χ0n) is 31.8. The lowest BCUT2D eigenvalue weighted by Gasteiger charge is -2.23. The van der Waals surface area contributed by atoms with Crippen LogP contribution in [-0.4, -0.2) is 87.0 Å². The second kappa shape index (κ2) is 19.8. The van der Waals surface area contributed by atoms with Crippen LogP contribution < -0.4 is 5.32 Å².